The van der Waals surface area contributed by atoms with Gasteiger partial charge in [-0.1, -0.05) is 60.7 Å². The van der Waals surface area contributed by atoms with Gasteiger partial charge >= 0.3 is 5.69 Å². The molecule has 0 saturated heterocycles. The van der Waals surface area contributed by atoms with Crippen LogP contribution < -0.4 is 11.2 Å². The number of fused-ring (bicyclic) bond motifs is 1. The number of aromatic nitrogens is 2. The highest BCUT2D eigenvalue weighted by atomic mass is 16.2. The first-order valence-corrected chi connectivity index (χ1v) is 9.83. The topological polar surface area (TPSA) is 47.2 Å². The number of nitrogens with zero attached hydrogens (tertiary/aromatic N) is 3. The van der Waals surface area contributed by atoms with Crippen molar-refractivity contribution in [3.8, 4) is 0 Å². The second-order valence-corrected chi connectivity index (χ2v) is 7.28. The second kappa shape index (κ2) is 7.98. The molecule has 2 heterocycles. The van der Waals surface area contributed by atoms with Gasteiger partial charge in [0.05, 0.1) is 12.1 Å². The molecule has 0 fully saturated rings. The minimum atomic E-state index is -0.202. The molecule has 0 spiro atoms. The van der Waals surface area contributed by atoms with Crippen LogP contribution in [-0.4, -0.2) is 20.6 Å². The average Bonchev–Trinajstić information content (AvgIpc) is 2.73. The summed E-state index contributed by atoms with van der Waals surface area (Å²) in [5.41, 5.74) is 3.52. The summed E-state index contributed by atoms with van der Waals surface area (Å²) in [6.07, 6.45) is 0.729. The lowest BCUT2D eigenvalue weighted by Crippen LogP contribution is -2.47. The van der Waals surface area contributed by atoms with Crippen LogP contribution in [0.2, 0.25) is 0 Å². The van der Waals surface area contributed by atoms with Gasteiger partial charge in [0.1, 0.15) is 0 Å². The zero-order valence-electron chi connectivity index (χ0n) is 16.2. The Kier molecular flexibility index (Phi) is 5.26. The van der Waals surface area contributed by atoms with Crippen LogP contribution in [-0.2, 0) is 32.6 Å². The van der Waals surface area contributed by atoms with E-state index in [-0.39, 0.29) is 11.2 Å². The van der Waals surface area contributed by atoms with E-state index < -0.39 is 0 Å². The van der Waals surface area contributed by atoms with Gasteiger partial charge in [0, 0.05) is 38.3 Å². The quantitative estimate of drug-likeness (QED) is 0.689. The van der Waals surface area contributed by atoms with Gasteiger partial charge in [-0.15, -0.1) is 0 Å². The fourth-order valence-corrected chi connectivity index (χ4v) is 4.02. The third kappa shape index (κ3) is 3.58. The summed E-state index contributed by atoms with van der Waals surface area (Å²) in [7, 11) is 0. The molecule has 0 aliphatic carbocycles. The van der Waals surface area contributed by atoms with E-state index in [1.54, 1.807) is 4.57 Å². The van der Waals surface area contributed by atoms with Crippen molar-refractivity contribution < 1.29 is 0 Å². The van der Waals surface area contributed by atoms with Gasteiger partial charge in [0.15, 0.2) is 0 Å². The van der Waals surface area contributed by atoms with Crippen molar-refractivity contribution in [2.24, 2.45) is 0 Å². The number of hydrogen-bond donors (Lipinski definition) is 0. The van der Waals surface area contributed by atoms with Crippen LogP contribution in [0.1, 0.15) is 29.3 Å². The van der Waals surface area contributed by atoms with E-state index in [4.69, 9.17) is 0 Å². The van der Waals surface area contributed by atoms with E-state index in [2.05, 4.69) is 17.0 Å². The van der Waals surface area contributed by atoms with Crippen molar-refractivity contribution in [2.45, 2.75) is 39.5 Å². The number of hydrogen-bond acceptors (Lipinski definition) is 3. The minimum Gasteiger partial charge on any atom is -0.297 e. The molecule has 5 heteroatoms. The smallest absolute Gasteiger partial charge is 0.297 e. The second-order valence-electron chi connectivity index (χ2n) is 7.28. The highest BCUT2D eigenvalue weighted by molar-refractivity contribution is 5.24. The van der Waals surface area contributed by atoms with E-state index in [1.807, 2.05) is 55.5 Å². The average molecular weight is 375 g/mol. The summed E-state index contributed by atoms with van der Waals surface area (Å²) in [6, 6.07) is 20.0. The molecule has 28 heavy (non-hydrogen) atoms. The molecule has 3 aromatic rings. The molecule has 2 aromatic carbocycles. The molecule has 0 N–H and O–H groups in total. The monoisotopic (exact) mass is 375 g/mol. The zero-order valence-corrected chi connectivity index (χ0v) is 16.2. The van der Waals surface area contributed by atoms with E-state index in [0.717, 1.165) is 36.3 Å². The van der Waals surface area contributed by atoms with Crippen LogP contribution in [0.25, 0.3) is 0 Å². The Morgan fingerprint density at radius 1 is 0.821 bits per heavy atom. The maximum absolute atomic E-state index is 13.2. The van der Waals surface area contributed by atoms with E-state index in [0.29, 0.717) is 19.6 Å². The Morgan fingerprint density at radius 3 is 2.04 bits per heavy atom. The largest absolute Gasteiger partial charge is 0.331 e. The van der Waals surface area contributed by atoms with Crippen molar-refractivity contribution in [3.05, 3.63) is 104 Å². The molecule has 144 valence electrons. The summed E-state index contributed by atoms with van der Waals surface area (Å²) in [4.78, 5) is 28.5. The number of benzene rings is 2. The van der Waals surface area contributed by atoms with Crippen LogP contribution in [0.5, 0.6) is 0 Å². The first-order chi connectivity index (χ1) is 13.7. The molecular weight excluding hydrogens is 350 g/mol. The molecule has 1 aliphatic heterocycles. The molecule has 0 atom stereocenters. The lowest BCUT2D eigenvalue weighted by Gasteiger charge is -2.30. The normalized spacial score (nSPS) is 14.0. The first-order valence-electron chi connectivity index (χ1n) is 9.83. The summed E-state index contributed by atoms with van der Waals surface area (Å²) >= 11 is 0. The first kappa shape index (κ1) is 18.4. The Labute approximate surface area is 164 Å². The molecule has 0 bridgehead atoms. The third-order valence-electron chi connectivity index (χ3n) is 5.43. The lowest BCUT2D eigenvalue weighted by atomic mass is 10.0. The van der Waals surface area contributed by atoms with Gasteiger partial charge in [-0.05, 0) is 18.1 Å². The van der Waals surface area contributed by atoms with Crippen LogP contribution in [0, 0.1) is 0 Å². The van der Waals surface area contributed by atoms with Crippen molar-refractivity contribution >= 4 is 0 Å². The standard InChI is InChI=1S/C23H25N3O2/c1-2-25-21-13-14-24(15-18-9-5-3-6-10-18)17-20(21)22(27)26(23(25)28)16-19-11-7-4-8-12-19/h3-12H,2,13-17H2,1H3. The van der Waals surface area contributed by atoms with Crippen LogP contribution in [0.15, 0.2) is 70.3 Å². The molecule has 0 saturated carbocycles. The van der Waals surface area contributed by atoms with Crippen LogP contribution in [0.4, 0.5) is 0 Å². The van der Waals surface area contributed by atoms with Gasteiger partial charge in [-0.3, -0.25) is 18.8 Å². The minimum absolute atomic E-state index is 0.147. The zero-order chi connectivity index (χ0) is 19.5. The fraction of sp³-hybridized carbons (Fsp3) is 0.304. The Hall–Kier alpha value is -2.92. The van der Waals surface area contributed by atoms with Gasteiger partial charge in [0.25, 0.3) is 5.56 Å². The van der Waals surface area contributed by atoms with E-state index in [9.17, 15) is 9.59 Å². The molecular formula is C23H25N3O2. The molecule has 0 amide bonds. The Balaban J connectivity index is 1.71. The van der Waals surface area contributed by atoms with Crippen LogP contribution in [0.3, 0.4) is 0 Å². The SMILES string of the molecule is CCn1c2c(c(=O)n(Cc3ccccc3)c1=O)CN(Cc1ccccc1)CC2. The van der Waals surface area contributed by atoms with Crippen molar-refractivity contribution in [3.63, 3.8) is 0 Å². The highest BCUT2D eigenvalue weighted by Crippen LogP contribution is 2.17. The summed E-state index contributed by atoms with van der Waals surface area (Å²) in [5.74, 6) is 0. The van der Waals surface area contributed by atoms with Gasteiger partial charge in [-0.25, -0.2) is 4.79 Å². The lowest BCUT2D eigenvalue weighted by molar-refractivity contribution is 0.236. The molecule has 5 nitrogen and oxygen atoms in total. The number of rotatable bonds is 5. The summed E-state index contributed by atoms with van der Waals surface area (Å²) < 4.78 is 3.17. The van der Waals surface area contributed by atoms with Crippen LogP contribution >= 0.6 is 0 Å². The van der Waals surface area contributed by atoms with Gasteiger partial charge in [-0.2, -0.15) is 0 Å². The highest BCUT2D eigenvalue weighted by Gasteiger charge is 2.24. The van der Waals surface area contributed by atoms with Gasteiger partial charge in [0.2, 0.25) is 0 Å². The summed E-state index contributed by atoms with van der Waals surface area (Å²) in [5, 5.41) is 0. The maximum Gasteiger partial charge on any atom is 0.331 e. The maximum atomic E-state index is 13.2. The van der Waals surface area contributed by atoms with E-state index >= 15 is 0 Å². The van der Waals surface area contributed by atoms with E-state index in [1.165, 1.54) is 10.1 Å². The van der Waals surface area contributed by atoms with Crippen molar-refractivity contribution in [1.82, 2.24) is 14.0 Å². The molecule has 4 rings (SSSR count). The van der Waals surface area contributed by atoms with Gasteiger partial charge < -0.3 is 0 Å². The molecule has 0 radical (unpaired) electrons. The predicted octanol–water partition coefficient (Wildman–Crippen LogP) is 2.64. The van der Waals surface area contributed by atoms with Crippen molar-refractivity contribution in [2.75, 3.05) is 6.54 Å². The predicted molar refractivity (Wildman–Crippen MR) is 110 cm³/mol. The molecule has 1 aromatic heterocycles. The third-order valence-corrected chi connectivity index (χ3v) is 5.43. The fourth-order valence-electron chi connectivity index (χ4n) is 4.02. The van der Waals surface area contributed by atoms with Crippen molar-refractivity contribution in [1.29, 1.82) is 0 Å². The summed E-state index contributed by atoms with van der Waals surface area (Å²) in [6.45, 7) is 5.10. The Morgan fingerprint density at radius 2 is 1.43 bits per heavy atom. The molecule has 1 aliphatic rings. The Bertz CT molecular complexity index is 1070. The molecule has 0 unspecified atom stereocenters.